The van der Waals surface area contributed by atoms with Gasteiger partial charge in [0.2, 0.25) is 12.7 Å². The van der Waals surface area contributed by atoms with E-state index in [0.717, 1.165) is 16.5 Å². The molecule has 8 heteroatoms. The van der Waals surface area contributed by atoms with Crippen LogP contribution in [0.5, 0.6) is 11.5 Å². The highest BCUT2D eigenvalue weighted by Crippen LogP contribution is 2.44. The smallest absolute Gasteiger partial charge is 0.253 e. The summed E-state index contributed by atoms with van der Waals surface area (Å²) in [7, 11) is 1.55. The number of benzene rings is 2. The molecule has 150 valence electrons. The molecule has 0 spiro atoms. The number of para-hydroxylation sites is 1. The van der Waals surface area contributed by atoms with Crippen LogP contribution in [0.4, 0.5) is 0 Å². The van der Waals surface area contributed by atoms with Gasteiger partial charge in [0.25, 0.3) is 5.91 Å². The van der Waals surface area contributed by atoms with Gasteiger partial charge in [-0.25, -0.2) is 0 Å². The summed E-state index contributed by atoms with van der Waals surface area (Å²) in [6.07, 6.45) is 0. The Labute approximate surface area is 171 Å². The highest BCUT2D eigenvalue weighted by atomic mass is 16.7. The highest BCUT2D eigenvalue weighted by molar-refractivity contribution is 6.23. The second-order valence-electron chi connectivity index (χ2n) is 7.74. The third kappa shape index (κ3) is 2.13. The Morgan fingerprint density at radius 1 is 1.00 bits per heavy atom. The number of rotatable bonds is 1. The van der Waals surface area contributed by atoms with Gasteiger partial charge in [0.15, 0.2) is 23.3 Å². The normalized spacial score (nSPS) is 22.5. The van der Waals surface area contributed by atoms with E-state index in [1.54, 1.807) is 13.1 Å². The standard InChI is InChI=1S/C22H17N3O5/c1-24-9-16(26)25-19(11-6-7-14-15(8-11)30-10-29-14)18-17(21(27)20(25)22(24)28)12-4-2-3-5-13(12)23-18/h2-8,19-20,23H,9-10H2,1H3/t19-,20-/m1/s1. The first-order chi connectivity index (χ1) is 14.5. The van der Waals surface area contributed by atoms with Crippen molar-refractivity contribution in [3.8, 4) is 11.5 Å². The molecular weight excluding hydrogens is 386 g/mol. The number of aromatic amines is 1. The third-order valence-electron chi connectivity index (χ3n) is 6.04. The van der Waals surface area contributed by atoms with Crippen molar-refractivity contribution < 1.29 is 23.9 Å². The number of hydrogen-bond acceptors (Lipinski definition) is 5. The fourth-order valence-electron chi connectivity index (χ4n) is 4.69. The number of amides is 2. The van der Waals surface area contributed by atoms with Crippen molar-refractivity contribution in [2.75, 3.05) is 20.4 Å². The van der Waals surface area contributed by atoms with Crippen LogP contribution in [0.3, 0.4) is 0 Å². The van der Waals surface area contributed by atoms with Crippen LogP contribution in [0.2, 0.25) is 0 Å². The number of carbonyl (C=O) groups excluding carboxylic acids is 3. The maximum absolute atomic E-state index is 13.5. The lowest BCUT2D eigenvalue weighted by Gasteiger charge is -2.45. The molecule has 1 aromatic heterocycles. The molecule has 8 nitrogen and oxygen atoms in total. The van der Waals surface area contributed by atoms with Crippen LogP contribution in [-0.2, 0) is 9.59 Å². The van der Waals surface area contributed by atoms with Crippen LogP contribution in [0.1, 0.15) is 27.7 Å². The first-order valence-corrected chi connectivity index (χ1v) is 9.65. The van der Waals surface area contributed by atoms with Crippen molar-refractivity contribution in [1.29, 1.82) is 0 Å². The minimum atomic E-state index is -1.18. The number of hydrogen-bond donors (Lipinski definition) is 1. The number of Topliss-reactive ketones (excluding diaryl/α,β-unsaturated/α-hetero) is 1. The SMILES string of the molecule is CN1CC(=O)N2[C@H](C(=O)c3c([nH]c4ccccc34)[C@H]2c2ccc3c(c2)OCO3)C1=O. The minimum Gasteiger partial charge on any atom is -0.454 e. The summed E-state index contributed by atoms with van der Waals surface area (Å²) >= 11 is 0. The molecule has 0 bridgehead atoms. The number of carbonyl (C=O) groups is 3. The van der Waals surface area contributed by atoms with Crippen LogP contribution in [0.25, 0.3) is 10.9 Å². The van der Waals surface area contributed by atoms with E-state index in [9.17, 15) is 14.4 Å². The van der Waals surface area contributed by atoms with E-state index in [-0.39, 0.29) is 30.9 Å². The van der Waals surface area contributed by atoms with Gasteiger partial charge in [-0.1, -0.05) is 24.3 Å². The van der Waals surface area contributed by atoms with Crippen molar-refractivity contribution in [3.63, 3.8) is 0 Å². The van der Waals surface area contributed by atoms with Crippen LogP contribution < -0.4 is 9.47 Å². The minimum absolute atomic E-state index is 0.0702. The largest absolute Gasteiger partial charge is 0.454 e. The van der Waals surface area contributed by atoms with Crippen LogP contribution in [-0.4, -0.2) is 58.8 Å². The van der Waals surface area contributed by atoms with Crippen molar-refractivity contribution in [1.82, 2.24) is 14.8 Å². The number of ketones is 1. The number of nitrogens with one attached hydrogen (secondary N) is 1. The first-order valence-electron chi connectivity index (χ1n) is 9.65. The second kappa shape index (κ2) is 5.85. The zero-order valence-electron chi connectivity index (χ0n) is 16.0. The topological polar surface area (TPSA) is 91.9 Å². The first kappa shape index (κ1) is 17.1. The molecule has 0 saturated carbocycles. The van der Waals surface area contributed by atoms with Crippen molar-refractivity contribution in [2.45, 2.75) is 12.1 Å². The Morgan fingerprint density at radius 3 is 2.67 bits per heavy atom. The number of H-pyrrole nitrogens is 1. The van der Waals surface area contributed by atoms with E-state index in [4.69, 9.17) is 9.47 Å². The molecule has 3 aliphatic rings. The monoisotopic (exact) mass is 403 g/mol. The predicted molar refractivity (Wildman–Crippen MR) is 105 cm³/mol. The Kier molecular flexibility index (Phi) is 3.33. The van der Waals surface area contributed by atoms with E-state index in [1.807, 2.05) is 36.4 Å². The maximum Gasteiger partial charge on any atom is 0.253 e. The summed E-state index contributed by atoms with van der Waals surface area (Å²) in [5.74, 6) is 0.194. The summed E-state index contributed by atoms with van der Waals surface area (Å²) in [6, 6.07) is 11.1. The zero-order valence-corrected chi connectivity index (χ0v) is 16.0. The molecule has 1 N–H and O–H groups in total. The van der Waals surface area contributed by atoms with Crippen molar-refractivity contribution in [3.05, 3.63) is 59.3 Å². The average molecular weight is 403 g/mol. The van der Waals surface area contributed by atoms with E-state index >= 15 is 0 Å². The summed E-state index contributed by atoms with van der Waals surface area (Å²) in [6.45, 7) is 0.0629. The predicted octanol–water partition coefficient (Wildman–Crippen LogP) is 1.85. The summed E-state index contributed by atoms with van der Waals surface area (Å²) in [5, 5.41) is 0.747. The van der Waals surface area contributed by atoms with Gasteiger partial charge >= 0.3 is 0 Å². The lowest BCUT2D eigenvalue weighted by atomic mass is 9.85. The molecule has 3 aliphatic heterocycles. The average Bonchev–Trinajstić information content (AvgIpc) is 3.36. The van der Waals surface area contributed by atoms with E-state index in [2.05, 4.69) is 4.98 Å². The molecule has 0 aliphatic carbocycles. The third-order valence-corrected chi connectivity index (χ3v) is 6.04. The summed E-state index contributed by atoms with van der Waals surface area (Å²) in [4.78, 5) is 45.6. The lowest BCUT2D eigenvalue weighted by molar-refractivity contribution is -0.154. The van der Waals surface area contributed by atoms with Gasteiger partial charge in [-0.2, -0.15) is 0 Å². The molecule has 3 aromatic rings. The molecule has 30 heavy (non-hydrogen) atoms. The van der Waals surface area contributed by atoms with Gasteiger partial charge in [0.1, 0.15) is 0 Å². The summed E-state index contributed by atoms with van der Waals surface area (Å²) in [5.41, 5.74) is 2.61. The molecule has 0 radical (unpaired) electrons. The van der Waals surface area contributed by atoms with Crippen LogP contribution >= 0.6 is 0 Å². The number of nitrogens with zero attached hydrogens (tertiary/aromatic N) is 2. The quantitative estimate of drug-likeness (QED) is 0.626. The fourth-order valence-corrected chi connectivity index (χ4v) is 4.69. The number of aromatic nitrogens is 1. The highest BCUT2D eigenvalue weighted by Gasteiger charge is 2.52. The maximum atomic E-state index is 13.5. The molecule has 4 heterocycles. The van der Waals surface area contributed by atoms with Gasteiger partial charge in [0.05, 0.1) is 23.8 Å². The molecular formula is C22H17N3O5. The molecule has 2 amide bonds. The van der Waals surface area contributed by atoms with Gasteiger partial charge in [-0.15, -0.1) is 0 Å². The van der Waals surface area contributed by atoms with E-state index in [1.165, 1.54) is 9.80 Å². The Bertz CT molecular complexity index is 1260. The molecule has 1 fully saturated rings. The molecule has 2 atom stereocenters. The van der Waals surface area contributed by atoms with Crippen LogP contribution in [0.15, 0.2) is 42.5 Å². The van der Waals surface area contributed by atoms with E-state index < -0.39 is 12.1 Å². The number of piperazine rings is 1. The Balaban J connectivity index is 1.63. The van der Waals surface area contributed by atoms with Crippen molar-refractivity contribution in [2.24, 2.45) is 0 Å². The van der Waals surface area contributed by atoms with Crippen molar-refractivity contribution >= 4 is 28.5 Å². The fraction of sp³-hybridized carbons (Fsp3) is 0.227. The van der Waals surface area contributed by atoms with Gasteiger partial charge in [0, 0.05) is 18.0 Å². The van der Waals surface area contributed by atoms with Gasteiger partial charge in [-0.3, -0.25) is 14.4 Å². The van der Waals surface area contributed by atoms with Gasteiger partial charge < -0.3 is 24.3 Å². The molecule has 6 rings (SSSR count). The Morgan fingerprint density at radius 2 is 1.80 bits per heavy atom. The zero-order chi connectivity index (χ0) is 20.6. The molecule has 1 saturated heterocycles. The van der Waals surface area contributed by atoms with Crippen LogP contribution in [0, 0.1) is 0 Å². The Hall–Kier alpha value is -3.81. The lowest BCUT2D eigenvalue weighted by Crippen LogP contribution is -2.64. The van der Waals surface area contributed by atoms with E-state index in [0.29, 0.717) is 22.8 Å². The number of ether oxygens (including phenoxy) is 2. The second-order valence-corrected chi connectivity index (χ2v) is 7.74. The molecule has 0 unspecified atom stereocenters. The summed E-state index contributed by atoms with van der Waals surface area (Å²) < 4.78 is 10.9. The van der Waals surface area contributed by atoms with Gasteiger partial charge in [-0.05, 0) is 23.8 Å². The number of fused-ring (bicyclic) bond motifs is 5. The number of likely N-dealkylation sites (N-methyl/N-ethyl adjacent to an activating group) is 1. The molecule has 2 aromatic carbocycles.